The molecule has 0 bridgehead atoms. The third-order valence-corrected chi connectivity index (χ3v) is 3.98. The first kappa shape index (κ1) is 16.7. The molecule has 0 saturated heterocycles. The van der Waals surface area contributed by atoms with Crippen LogP contribution < -0.4 is 5.32 Å². The molecule has 0 aliphatic carbocycles. The van der Waals surface area contributed by atoms with Crippen LogP contribution in [0.2, 0.25) is 0 Å². The van der Waals surface area contributed by atoms with E-state index in [9.17, 15) is 14.7 Å². The van der Waals surface area contributed by atoms with Crippen LogP contribution in [0.5, 0.6) is 0 Å². The van der Waals surface area contributed by atoms with Crippen molar-refractivity contribution in [3.63, 3.8) is 0 Å². The van der Waals surface area contributed by atoms with Crippen molar-refractivity contribution >= 4 is 11.9 Å². The molecule has 2 N–H and O–H groups in total. The predicted molar refractivity (Wildman–Crippen MR) is 90.6 cm³/mol. The summed E-state index contributed by atoms with van der Waals surface area (Å²) in [5.41, 5.74) is 1.83. The zero-order chi connectivity index (χ0) is 17.0. The maximum atomic E-state index is 12.6. The predicted octanol–water partition coefficient (Wildman–Crippen LogP) is 3.83. The van der Waals surface area contributed by atoms with E-state index in [1.165, 1.54) is 0 Å². The van der Waals surface area contributed by atoms with Crippen LogP contribution in [0.1, 0.15) is 41.5 Å². The second-order valence-corrected chi connectivity index (χ2v) is 5.90. The van der Waals surface area contributed by atoms with E-state index < -0.39 is 5.97 Å². The van der Waals surface area contributed by atoms with Crippen molar-refractivity contribution in [3.8, 4) is 11.1 Å². The third kappa shape index (κ3) is 3.77. The second kappa shape index (κ2) is 7.09. The molecule has 0 spiro atoms. The number of nitrogens with one attached hydrogen (secondary N) is 1. The fourth-order valence-corrected chi connectivity index (χ4v) is 2.27. The Labute approximate surface area is 136 Å². The van der Waals surface area contributed by atoms with E-state index in [4.69, 9.17) is 0 Å². The molecular weight excluding hydrogens is 290 g/mol. The average molecular weight is 311 g/mol. The van der Waals surface area contributed by atoms with Crippen LogP contribution >= 0.6 is 0 Å². The number of benzene rings is 2. The summed E-state index contributed by atoms with van der Waals surface area (Å²) in [4.78, 5) is 24.0. The van der Waals surface area contributed by atoms with E-state index in [-0.39, 0.29) is 17.5 Å². The lowest BCUT2D eigenvalue weighted by Gasteiger charge is -2.19. The SMILES string of the molecule is CC(C)C(C)NC(=O)c1ccccc1-c1ccccc1C(=O)O. The minimum absolute atomic E-state index is 0.0327. The largest absolute Gasteiger partial charge is 0.478 e. The molecule has 1 amide bonds. The van der Waals surface area contributed by atoms with Crippen LogP contribution in [0.3, 0.4) is 0 Å². The van der Waals surface area contributed by atoms with Gasteiger partial charge in [-0.3, -0.25) is 4.79 Å². The van der Waals surface area contributed by atoms with E-state index in [2.05, 4.69) is 5.32 Å². The molecule has 4 nitrogen and oxygen atoms in total. The van der Waals surface area contributed by atoms with Gasteiger partial charge in [-0.2, -0.15) is 0 Å². The molecule has 23 heavy (non-hydrogen) atoms. The fourth-order valence-electron chi connectivity index (χ4n) is 2.27. The molecule has 0 aliphatic heterocycles. The van der Waals surface area contributed by atoms with Gasteiger partial charge in [0.15, 0.2) is 0 Å². The average Bonchev–Trinajstić information content (AvgIpc) is 2.54. The standard InChI is InChI=1S/C19H21NO3/c1-12(2)13(3)20-18(21)16-10-6-4-8-14(16)15-9-5-7-11-17(15)19(22)23/h4-13H,1-3H3,(H,20,21)(H,22,23). The minimum Gasteiger partial charge on any atom is -0.478 e. The first-order chi connectivity index (χ1) is 10.9. The zero-order valence-electron chi connectivity index (χ0n) is 13.5. The van der Waals surface area contributed by atoms with Crippen molar-refractivity contribution in [2.45, 2.75) is 26.8 Å². The number of carboxylic acid groups (broad SMARTS) is 1. The number of rotatable bonds is 5. The van der Waals surface area contributed by atoms with Gasteiger partial charge in [-0.15, -0.1) is 0 Å². The molecule has 0 radical (unpaired) electrons. The Kier molecular flexibility index (Phi) is 5.16. The highest BCUT2D eigenvalue weighted by molar-refractivity contribution is 6.04. The summed E-state index contributed by atoms with van der Waals surface area (Å²) in [5.74, 6) is -0.884. The monoisotopic (exact) mass is 311 g/mol. The van der Waals surface area contributed by atoms with E-state index in [0.29, 0.717) is 22.6 Å². The summed E-state index contributed by atoms with van der Waals surface area (Å²) in [6.07, 6.45) is 0. The molecule has 120 valence electrons. The lowest BCUT2D eigenvalue weighted by molar-refractivity contribution is 0.0697. The molecule has 2 aromatic rings. The van der Waals surface area contributed by atoms with Gasteiger partial charge in [0.1, 0.15) is 0 Å². The van der Waals surface area contributed by atoms with Crippen LogP contribution in [0, 0.1) is 5.92 Å². The van der Waals surface area contributed by atoms with Gasteiger partial charge in [-0.25, -0.2) is 4.79 Å². The fraction of sp³-hybridized carbons (Fsp3) is 0.263. The Balaban J connectivity index is 2.47. The molecule has 2 aromatic carbocycles. The third-order valence-electron chi connectivity index (χ3n) is 3.98. The van der Waals surface area contributed by atoms with Gasteiger partial charge in [-0.05, 0) is 36.1 Å². The summed E-state index contributed by atoms with van der Waals surface area (Å²) in [6, 6.07) is 13.8. The molecule has 1 atom stereocenters. The number of amides is 1. The van der Waals surface area contributed by atoms with E-state index in [1.807, 2.05) is 20.8 Å². The Hall–Kier alpha value is -2.62. The van der Waals surface area contributed by atoms with Gasteiger partial charge in [0.2, 0.25) is 0 Å². The minimum atomic E-state index is -1.01. The van der Waals surface area contributed by atoms with Crippen LogP contribution in [0.15, 0.2) is 48.5 Å². The second-order valence-electron chi connectivity index (χ2n) is 5.90. The molecular formula is C19H21NO3. The topological polar surface area (TPSA) is 66.4 Å². The van der Waals surface area contributed by atoms with E-state index >= 15 is 0 Å². The van der Waals surface area contributed by atoms with E-state index in [0.717, 1.165) is 0 Å². The summed E-state index contributed by atoms with van der Waals surface area (Å²) < 4.78 is 0. The Bertz CT molecular complexity index is 722. The first-order valence-electron chi connectivity index (χ1n) is 7.64. The number of carbonyl (C=O) groups excluding carboxylic acids is 1. The highest BCUT2D eigenvalue weighted by atomic mass is 16.4. The lowest BCUT2D eigenvalue weighted by Crippen LogP contribution is -2.36. The van der Waals surface area contributed by atoms with Crippen molar-refractivity contribution in [3.05, 3.63) is 59.7 Å². The number of carboxylic acids is 1. The molecule has 0 fully saturated rings. The Morgan fingerprint density at radius 1 is 0.870 bits per heavy atom. The summed E-state index contributed by atoms with van der Waals surface area (Å²) in [7, 11) is 0. The summed E-state index contributed by atoms with van der Waals surface area (Å²) >= 11 is 0. The highest BCUT2D eigenvalue weighted by Crippen LogP contribution is 2.27. The smallest absolute Gasteiger partial charge is 0.336 e. The van der Waals surface area contributed by atoms with Crippen LogP contribution in [0.4, 0.5) is 0 Å². The zero-order valence-corrected chi connectivity index (χ0v) is 13.5. The molecule has 4 heteroatoms. The van der Waals surface area contributed by atoms with Gasteiger partial charge in [0, 0.05) is 11.6 Å². The Morgan fingerprint density at radius 3 is 1.87 bits per heavy atom. The molecule has 0 saturated carbocycles. The Morgan fingerprint density at radius 2 is 1.35 bits per heavy atom. The quantitative estimate of drug-likeness (QED) is 0.882. The molecule has 0 heterocycles. The number of aromatic carboxylic acids is 1. The normalized spacial score (nSPS) is 12.0. The van der Waals surface area contributed by atoms with Gasteiger partial charge >= 0.3 is 5.97 Å². The summed E-state index contributed by atoms with van der Waals surface area (Å²) in [5, 5.41) is 12.3. The number of hydrogen-bond donors (Lipinski definition) is 2. The van der Waals surface area contributed by atoms with Gasteiger partial charge in [0.25, 0.3) is 5.91 Å². The van der Waals surface area contributed by atoms with Crippen LogP contribution in [-0.4, -0.2) is 23.0 Å². The first-order valence-corrected chi connectivity index (χ1v) is 7.64. The van der Waals surface area contributed by atoms with Crippen LogP contribution in [-0.2, 0) is 0 Å². The maximum absolute atomic E-state index is 12.6. The van der Waals surface area contributed by atoms with Gasteiger partial charge in [0.05, 0.1) is 5.56 Å². The van der Waals surface area contributed by atoms with Crippen molar-refractivity contribution in [2.75, 3.05) is 0 Å². The van der Waals surface area contributed by atoms with Crippen LogP contribution in [0.25, 0.3) is 11.1 Å². The van der Waals surface area contributed by atoms with Gasteiger partial charge in [-0.1, -0.05) is 50.2 Å². The molecule has 0 aromatic heterocycles. The molecule has 2 rings (SSSR count). The highest BCUT2D eigenvalue weighted by Gasteiger charge is 2.19. The summed E-state index contributed by atoms with van der Waals surface area (Å²) in [6.45, 7) is 6.03. The molecule has 0 aliphatic rings. The van der Waals surface area contributed by atoms with Crippen molar-refractivity contribution in [2.24, 2.45) is 5.92 Å². The van der Waals surface area contributed by atoms with Crippen molar-refractivity contribution in [1.29, 1.82) is 0 Å². The molecule has 1 unspecified atom stereocenters. The van der Waals surface area contributed by atoms with Crippen molar-refractivity contribution < 1.29 is 14.7 Å². The van der Waals surface area contributed by atoms with Crippen molar-refractivity contribution in [1.82, 2.24) is 5.32 Å². The lowest BCUT2D eigenvalue weighted by atomic mass is 9.94. The van der Waals surface area contributed by atoms with Gasteiger partial charge < -0.3 is 10.4 Å². The van der Waals surface area contributed by atoms with E-state index in [1.54, 1.807) is 48.5 Å². The number of carbonyl (C=O) groups is 2. The number of hydrogen-bond acceptors (Lipinski definition) is 2. The maximum Gasteiger partial charge on any atom is 0.336 e.